The zero-order valence-corrected chi connectivity index (χ0v) is 11.4. The van der Waals surface area contributed by atoms with Crippen LogP contribution in [0.1, 0.15) is 50.5 Å². The third kappa shape index (κ3) is 2.98. The summed E-state index contributed by atoms with van der Waals surface area (Å²) in [7, 11) is 0. The lowest BCUT2D eigenvalue weighted by Crippen LogP contribution is -2.44. The van der Waals surface area contributed by atoms with Crippen LogP contribution in [-0.4, -0.2) is 21.8 Å². The van der Waals surface area contributed by atoms with Gasteiger partial charge in [0.25, 0.3) is 0 Å². The summed E-state index contributed by atoms with van der Waals surface area (Å²) in [6.45, 7) is 1.83. The molecule has 19 heavy (non-hydrogen) atoms. The van der Waals surface area contributed by atoms with Crippen molar-refractivity contribution in [3.63, 3.8) is 0 Å². The van der Waals surface area contributed by atoms with E-state index < -0.39 is 17.5 Å². The van der Waals surface area contributed by atoms with Gasteiger partial charge in [0.15, 0.2) is 0 Å². The monoisotopic (exact) mass is 262 g/mol. The Bertz CT molecular complexity index is 419. The Balaban J connectivity index is 2.04. The van der Waals surface area contributed by atoms with Gasteiger partial charge in [-0.15, -0.1) is 0 Å². The second kappa shape index (κ2) is 5.74. The fourth-order valence-electron chi connectivity index (χ4n) is 3.31. The van der Waals surface area contributed by atoms with Gasteiger partial charge in [-0.25, -0.2) is 0 Å². The highest BCUT2D eigenvalue weighted by Gasteiger charge is 2.43. The first-order valence-electron chi connectivity index (χ1n) is 7.07. The van der Waals surface area contributed by atoms with Gasteiger partial charge in [0.1, 0.15) is 0 Å². The van der Waals surface area contributed by atoms with Crippen LogP contribution in [0.4, 0.5) is 0 Å². The summed E-state index contributed by atoms with van der Waals surface area (Å²) in [6, 6.07) is 10.3. The van der Waals surface area contributed by atoms with E-state index in [1.54, 1.807) is 0 Å². The highest BCUT2D eigenvalue weighted by Crippen LogP contribution is 2.42. The van der Waals surface area contributed by atoms with Crippen molar-refractivity contribution in [3.8, 4) is 0 Å². The van der Waals surface area contributed by atoms with E-state index in [1.165, 1.54) is 5.56 Å². The predicted molar refractivity (Wildman–Crippen MR) is 74.0 cm³/mol. The number of carbonyl (C=O) groups is 1. The van der Waals surface area contributed by atoms with E-state index in [1.807, 2.05) is 25.1 Å². The molecule has 0 unspecified atom stereocenters. The van der Waals surface area contributed by atoms with Gasteiger partial charge in [-0.2, -0.15) is 0 Å². The first-order valence-corrected chi connectivity index (χ1v) is 7.07. The Morgan fingerprint density at radius 2 is 1.89 bits per heavy atom. The molecule has 0 heterocycles. The third-order valence-electron chi connectivity index (χ3n) is 4.48. The van der Waals surface area contributed by atoms with Crippen molar-refractivity contribution in [2.75, 3.05) is 0 Å². The summed E-state index contributed by atoms with van der Waals surface area (Å²) >= 11 is 0. The molecule has 1 aliphatic carbocycles. The number of aliphatic hydroxyl groups is 1. The number of carboxylic acid groups (broad SMARTS) is 1. The van der Waals surface area contributed by atoms with Gasteiger partial charge in [-0.3, -0.25) is 4.79 Å². The van der Waals surface area contributed by atoms with Crippen LogP contribution in [-0.2, 0) is 4.79 Å². The van der Waals surface area contributed by atoms with Crippen molar-refractivity contribution >= 4 is 5.97 Å². The molecular weight excluding hydrogens is 240 g/mol. The number of carboxylic acids is 1. The molecular formula is C16H22O3. The van der Waals surface area contributed by atoms with Crippen molar-refractivity contribution in [1.29, 1.82) is 0 Å². The van der Waals surface area contributed by atoms with Gasteiger partial charge >= 0.3 is 5.97 Å². The fourth-order valence-corrected chi connectivity index (χ4v) is 3.31. The molecule has 2 N–H and O–H groups in total. The normalized spacial score (nSPS) is 28.8. The first kappa shape index (κ1) is 14.1. The van der Waals surface area contributed by atoms with Gasteiger partial charge in [0.2, 0.25) is 0 Å². The Morgan fingerprint density at radius 1 is 1.32 bits per heavy atom. The number of benzene rings is 1. The molecule has 0 bridgehead atoms. The standard InChI is InChI=1S/C16H22O3/c1-2-14(15(17)18)16(19)10-8-13(9-11-16)12-6-4-3-5-7-12/h3-7,13-14,19H,2,8-11H2,1H3,(H,17,18)/t13?,14-,16?/m1/s1. The molecule has 0 aromatic heterocycles. The Kier molecular flexibility index (Phi) is 4.25. The van der Waals surface area contributed by atoms with Crippen LogP contribution in [0.25, 0.3) is 0 Å². The molecule has 0 amide bonds. The molecule has 2 rings (SSSR count). The summed E-state index contributed by atoms with van der Waals surface area (Å²) in [5.74, 6) is -1.06. The second-order valence-corrected chi connectivity index (χ2v) is 5.59. The van der Waals surface area contributed by atoms with Crippen molar-refractivity contribution < 1.29 is 15.0 Å². The van der Waals surface area contributed by atoms with Gasteiger partial charge in [-0.1, -0.05) is 37.3 Å². The lowest BCUT2D eigenvalue weighted by Gasteiger charge is -2.39. The molecule has 3 heteroatoms. The molecule has 1 atom stereocenters. The molecule has 104 valence electrons. The Hall–Kier alpha value is -1.35. The van der Waals surface area contributed by atoms with E-state index in [0.717, 1.165) is 12.8 Å². The second-order valence-electron chi connectivity index (χ2n) is 5.59. The average Bonchev–Trinajstić information content (AvgIpc) is 2.40. The Labute approximate surface area is 114 Å². The maximum absolute atomic E-state index is 11.2. The molecule has 0 saturated heterocycles. The van der Waals surface area contributed by atoms with Crippen LogP contribution >= 0.6 is 0 Å². The SMILES string of the molecule is CC[C@H](C(=O)O)C1(O)CCC(c2ccccc2)CC1. The maximum Gasteiger partial charge on any atom is 0.309 e. The van der Waals surface area contributed by atoms with Crippen molar-refractivity contribution in [3.05, 3.63) is 35.9 Å². The van der Waals surface area contributed by atoms with Crippen LogP contribution in [0.2, 0.25) is 0 Å². The van der Waals surface area contributed by atoms with E-state index in [4.69, 9.17) is 0 Å². The van der Waals surface area contributed by atoms with Crippen LogP contribution < -0.4 is 0 Å². The Morgan fingerprint density at radius 3 is 2.37 bits per heavy atom. The lowest BCUT2D eigenvalue weighted by molar-refractivity contribution is -0.155. The van der Waals surface area contributed by atoms with E-state index in [0.29, 0.717) is 25.2 Å². The first-order chi connectivity index (χ1) is 9.07. The van der Waals surface area contributed by atoms with Crippen molar-refractivity contribution in [1.82, 2.24) is 0 Å². The smallest absolute Gasteiger partial charge is 0.309 e. The van der Waals surface area contributed by atoms with E-state index in [2.05, 4.69) is 12.1 Å². The summed E-state index contributed by atoms with van der Waals surface area (Å²) in [6.07, 6.45) is 3.38. The lowest BCUT2D eigenvalue weighted by atomic mass is 9.70. The van der Waals surface area contributed by atoms with Crippen molar-refractivity contribution in [2.45, 2.75) is 50.5 Å². The van der Waals surface area contributed by atoms with Gasteiger partial charge in [-0.05, 0) is 43.6 Å². The van der Waals surface area contributed by atoms with Crippen LogP contribution in [0, 0.1) is 5.92 Å². The van der Waals surface area contributed by atoms with Crippen LogP contribution in [0.5, 0.6) is 0 Å². The number of hydrogen-bond acceptors (Lipinski definition) is 2. The minimum absolute atomic E-state index is 0.452. The van der Waals surface area contributed by atoms with E-state index in [-0.39, 0.29) is 0 Å². The molecule has 1 aliphatic rings. The number of rotatable bonds is 4. The zero-order valence-electron chi connectivity index (χ0n) is 11.4. The number of hydrogen-bond donors (Lipinski definition) is 2. The summed E-state index contributed by atoms with van der Waals surface area (Å²) in [4.78, 5) is 11.2. The van der Waals surface area contributed by atoms with Gasteiger partial charge in [0, 0.05) is 0 Å². The van der Waals surface area contributed by atoms with Gasteiger partial charge < -0.3 is 10.2 Å². The molecule has 1 aromatic rings. The average molecular weight is 262 g/mol. The summed E-state index contributed by atoms with van der Waals surface area (Å²) in [5.41, 5.74) is 0.277. The van der Waals surface area contributed by atoms with Crippen LogP contribution in [0.15, 0.2) is 30.3 Å². The molecule has 0 aliphatic heterocycles. The minimum atomic E-state index is -1.02. The maximum atomic E-state index is 11.2. The third-order valence-corrected chi connectivity index (χ3v) is 4.48. The fraction of sp³-hybridized carbons (Fsp3) is 0.562. The highest BCUT2D eigenvalue weighted by molar-refractivity contribution is 5.71. The topological polar surface area (TPSA) is 57.5 Å². The molecule has 1 saturated carbocycles. The zero-order chi connectivity index (χ0) is 13.9. The van der Waals surface area contributed by atoms with E-state index in [9.17, 15) is 15.0 Å². The molecule has 1 aromatic carbocycles. The highest BCUT2D eigenvalue weighted by atomic mass is 16.4. The van der Waals surface area contributed by atoms with Gasteiger partial charge in [0.05, 0.1) is 11.5 Å². The quantitative estimate of drug-likeness (QED) is 0.876. The largest absolute Gasteiger partial charge is 0.481 e. The predicted octanol–water partition coefficient (Wildman–Crippen LogP) is 3.19. The molecule has 1 fully saturated rings. The van der Waals surface area contributed by atoms with Crippen molar-refractivity contribution in [2.24, 2.45) is 5.92 Å². The molecule has 3 nitrogen and oxygen atoms in total. The number of aliphatic carboxylic acids is 1. The molecule has 0 spiro atoms. The van der Waals surface area contributed by atoms with E-state index >= 15 is 0 Å². The molecule has 0 radical (unpaired) electrons. The minimum Gasteiger partial charge on any atom is -0.481 e. The summed E-state index contributed by atoms with van der Waals surface area (Å²) < 4.78 is 0. The summed E-state index contributed by atoms with van der Waals surface area (Å²) in [5, 5.41) is 19.8. The van der Waals surface area contributed by atoms with Crippen LogP contribution in [0.3, 0.4) is 0 Å².